The van der Waals surface area contributed by atoms with Gasteiger partial charge in [0.25, 0.3) is 0 Å². The number of halogens is 2. The maximum atomic E-state index is 13.7. The van der Waals surface area contributed by atoms with Gasteiger partial charge in [0.2, 0.25) is 5.91 Å². The van der Waals surface area contributed by atoms with Gasteiger partial charge in [-0.1, -0.05) is 29.8 Å². The SMILES string of the molecule is Cc1cc(Cl)ccc1C(Nc1ccccc1F)C(N)=O. The summed E-state index contributed by atoms with van der Waals surface area (Å²) >= 11 is 5.89. The molecule has 0 aliphatic carbocycles. The Morgan fingerprint density at radius 2 is 2.00 bits per heavy atom. The van der Waals surface area contributed by atoms with E-state index in [-0.39, 0.29) is 5.69 Å². The highest BCUT2D eigenvalue weighted by Crippen LogP contribution is 2.25. The van der Waals surface area contributed by atoms with E-state index in [0.29, 0.717) is 10.6 Å². The van der Waals surface area contributed by atoms with E-state index in [2.05, 4.69) is 5.32 Å². The Kier molecular flexibility index (Phi) is 4.25. The minimum absolute atomic E-state index is 0.227. The van der Waals surface area contributed by atoms with E-state index in [1.807, 2.05) is 6.92 Å². The van der Waals surface area contributed by atoms with Crippen LogP contribution in [0.3, 0.4) is 0 Å². The number of benzene rings is 2. The summed E-state index contributed by atoms with van der Waals surface area (Å²) in [7, 11) is 0. The predicted octanol–water partition coefficient (Wildman–Crippen LogP) is 3.43. The Morgan fingerprint density at radius 1 is 1.30 bits per heavy atom. The van der Waals surface area contributed by atoms with Crippen molar-refractivity contribution >= 4 is 23.2 Å². The van der Waals surface area contributed by atoms with Crippen LogP contribution < -0.4 is 11.1 Å². The molecule has 3 N–H and O–H groups in total. The van der Waals surface area contributed by atoms with Crippen molar-refractivity contribution in [1.82, 2.24) is 0 Å². The molecule has 0 bridgehead atoms. The van der Waals surface area contributed by atoms with Gasteiger partial charge in [-0.2, -0.15) is 0 Å². The third-order valence-corrected chi connectivity index (χ3v) is 3.24. The molecule has 1 unspecified atom stereocenters. The predicted molar refractivity (Wildman–Crippen MR) is 78.1 cm³/mol. The third-order valence-electron chi connectivity index (χ3n) is 3.00. The lowest BCUT2D eigenvalue weighted by atomic mass is 10.0. The Morgan fingerprint density at radius 3 is 2.60 bits per heavy atom. The monoisotopic (exact) mass is 292 g/mol. The van der Waals surface area contributed by atoms with Crippen molar-refractivity contribution in [2.75, 3.05) is 5.32 Å². The zero-order chi connectivity index (χ0) is 14.7. The Hall–Kier alpha value is -2.07. The van der Waals surface area contributed by atoms with Crippen LogP contribution >= 0.6 is 11.6 Å². The quantitative estimate of drug-likeness (QED) is 0.907. The van der Waals surface area contributed by atoms with Gasteiger partial charge >= 0.3 is 0 Å². The van der Waals surface area contributed by atoms with Crippen LogP contribution in [0.15, 0.2) is 42.5 Å². The number of hydrogen-bond acceptors (Lipinski definition) is 2. The molecule has 0 radical (unpaired) electrons. The Balaban J connectivity index is 2.37. The fourth-order valence-electron chi connectivity index (χ4n) is 2.00. The van der Waals surface area contributed by atoms with E-state index in [9.17, 15) is 9.18 Å². The third kappa shape index (κ3) is 3.08. The van der Waals surface area contributed by atoms with Crippen molar-refractivity contribution in [2.24, 2.45) is 5.73 Å². The highest BCUT2D eigenvalue weighted by atomic mass is 35.5. The number of nitrogens with two attached hydrogens (primary N) is 1. The lowest BCUT2D eigenvalue weighted by Crippen LogP contribution is -2.28. The Bertz CT molecular complexity index is 646. The van der Waals surface area contributed by atoms with Gasteiger partial charge in [-0.25, -0.2) is 4.39 Å². The number of primary amides is 1. The van der Waals surface area contributed by atoms with E-state index in [0.717, 1.165) is 5.56 Å². The number of hydrogen-bond donors (Lipinski definition) is 2. The molecule has 3 nitrogen and oxygen atoms in total. The molecule has 0 aliphatic heterocycles. The highest BCUT2D eigenvalue weighted by Gasteiger charge is 2.20. The van der Waals surface area contributed by atoms with Crippen molar-refractivity contribution in [3.63, 3.8) is 0 Å². The van der Waals surface area contributed by atoms with Crippen molar-refractivity contribution in [3.05, 3.63) is 64.4 Å². The van der Waals surface area contributed by atoms with Crippen molar-refractivity contribution in [1.29, 1.82) is 0 Å². The molecular weight excluding hydrogens is 279 g/mol. The van der Waals surface area contributed by atoms with Crippen LogP contribution in [0.1, 0.15) is 17.2 Å². The maximum absolute atomic E-state index is 13.7. The van der Waals surface area contributed by atoms with Crippen molar-refractivity contribution in [3.8, 4) is 0 Å². The molecule has 2 rings (SSSR count). The van der Waals surface area contributed by atoms with Gasteiger partial charge in [0.05, 0.1) is 5.69 Å². The van der Waals surface area contributed by atoms with Crippen LogP contribution in [0.25, 0.3) is 0 Å². The van der Waals surface area contributed by atoms with Crippen LogP contribution in [0.2, 0.25) is 5.02 Å². The molecule has 0 saturated heterocycles. The number of amides is 1. The second-order valence-electron chi connectivity index (χ2n) is 4.46. The summed E-state index contributed by atoms with van der Waals surface area (Å²) in [5.74, 6) is -1.02. The van der Waals surface area contributed by atoms with Crippen molar-refractivity contribution in [2.45, 2.75) is 13.0 Å². The molecule has 104 valence electrons. The van der Waals surface area contributed by atoms with Crippen LogP contribution in [0, 0.1) is 12.7 Å². The first-order valence-corrected chi connectivity index (χ1v) is 6.43. The topological polar surface area (TPSA) is 55.1 Å². The average molecular weight is 293 g/mol. The number of nitrogens with one attached hydrogen (secondary N) is 1. The number of carbonyl (C=O) groups is 1. The fraction of sp³-hybridized carbons (Fsp3) is 0.133. The second kappa shape index (κ2) is 5.92. The molecule has 0 heterocycles. The number of carbonyl (C=O) groups excluding carboxylic acids is 1. The molecule has 0 aromatic heterocycles. The molecule has 20 heavy (non-hydrogen) atoms. The van der Waals surface area contributed by atoms with Gasteiger partial charge in [0, 0.05) is 5.02 Å². The van der Waals surface area contributed by atoms with Crippen LogP contribution in [0.5, 0.6) is 0 Å². The minimum atomic E-state index is -0.816. The lowest BCUT2D eigenvalue weighted by Gasteiger charge is -2.19. The molecule has 1 amide bonds. The standard InChI is InChI=1S/C15H14ClFN2O/c1-9-8-10(16)6-7-11(9)14(15(18)20)19-13-5-3-2-4-12(13)17/h2-8,14,19H,1H3,(H2,18,20). The molecule has 0 saturated carbocycles. The largest absolute Gasteiger partial charge is 0.368 e. The molecule has 0 spiro atoms. The average Bonchev–Trinajstić information content (AvgIpc) is 2.38. The zero-order valence-electron chi connectivity index (χ0n) is 10.9. The Labute approximate surface area is 121 Å². The van der Waals surface area contributed by atoms with Gasteiger partial charge in [0.1, 0.15) is 11.9 Å². The molecule has 2 aromatic rings. The number of aryl methyl sites for hydroxylation is 1. The first kappa shape index (κ1) is 14.3. The zero-order valence-corrected chi connectivity index (χ0v) is 11.6. The van der Waals surface area contributed by atoms with Crippen LogP contribution in [-0.4, -0.2) is 5.91 Å². The van der Waals surface area contributed by atoms with Crippen molar-refractivity contribution < 1.29 is 9.18 Å². The van der Waals surface area contributed by atoms with Gasteiger partial charge in [-0.15, -0.1) is 0 Å². The van der Waals surface area contributed by atoms with E-state index in [1.165, 1.54) is 6.07 Å². The van der Waals surface area contributed by atoms with Crippen LogP contribution in [0.4, 0.5) is 10.1 Å². The lowest BCUT2D eigenvalue weighted by molar-refractivity contribution is -0.118. The van der Waals surface area contributed by atoms with Gasteiger partial charge < -0.3 is 11.1 Å². The summed E-state index contributed by atoms with van der Waals surface area (Å²) in [4.78, 5) is 11.7. The summed E-state index contributed by atoms with van der Waals surface area (Å²) < 4.78 is 13.7. The highest BCUT2D eigenvalue weighted by molar-refractivity contribution is 6.30. The maximum Gasteiger partial charge on any atom is 0.244 e. The summed E-state index contributed by atoms with van der Waals surface area (Å²) in [5, 5.41) is 3.40. The van der Waals surface area contributed by atoms with Crippen LogP contribution in [-0.2, 0) is 4.79 Å². The second-order valence-corrected chi connectivity index (χ2v) is 4.90. The van der Waals surface area contributed by atoms with Gasteiger partial charge in [-0.3, -0.25) is 4.79 Å². The van der Waals surface area contributed by atoms with E-state index >= 15 is 0 Å². The molecule has 5 heteroatoms. The van der Waals surface area contributed by atoms with E-state index in [4.69, 9.17) is 17.3 Å². The smallest absolute Gasteiger partial charge is 0.244 e. The summed E-state index contributed by atoms with van der Waals surface area (Å²) in [6.45, 7) is 1.82. The first-order valence-electron chi connectivity index (χ1n) is 6.05. The molecular formula is C15H14ClFN2O. The molecule has 0 fully saturated rings. The van der Waals surface area contributed by atoms with Gasteiger partial charge in [0.15, 0.2) is 0 Å². The summed E-state index contributed by atoms with van der Waals surface area (Å²) in [5.41, 5.74) is 7.13. The number of para-hydroxylation sites is 1. The summed E-state index contributed by atoms with van der Waals surface area (Å²) in [6.07, 6.45) is 0. The molecule has 0 aliphatic rings. The van der Waals surface area contributed by atoms with E-state index < -0.39 is 17.8 Å². The first-order chi connectivity index (χ1) is 9.49. The molecule has 2 aromatic carbocycles. The summed E-state index contributed by atoms with van der Waals surface area (Å²) in [6, 6.07) is 10.4. The van der Waals surface area contributed by atoms with Gasteiger partial charge in [-0.05, 0) is 42.3 Å². The van der Waals surface area contributed by atoms with E-state index in [1.54, 1.807) is 36.4 Å². The fourth-order valence-corrected chi connectivity index (χ4v) is 2.23. The normalized spacial score (nSPS) is 11.9. The number of rotatable bonds is 4. The molecule has 1 atom stereocenters. The number of anilines is 1. The minimum Gasteiger partial charge on any atom is -0.368 e.